The second-order valence-electron chi connectivity index (χ2n) is 7.86. The van der Waals surface area contributed by atoms with Crippen molar-refractivity contribution in [2.24, 2.45) is 0 Å². The Labute approximate surface area is 199 Å². The average molecular weight is 490 g/mol. The summed E-state index contributed by atoms with van der Waals surface area (Å²) in [4.78, 5) is 13.3. The molecular formula is C24H26O11. The minimum Gasteiger partial charge on any atom is -0.493 e. The number of hydrogen-bond acceptors (Lipinski definition) is 11. The maximum Gasteiger partial charge on any atom is 0.229 e. The molecule has 0 bridgehead atoms. The molecule has 0 unspecified atom stereocenters. The molecule has 0 amide bonds. The maximum absolute atomic E-state index is 13.3. The van der Waals surface area contributed by atoms with Crippen LogP contribution in [0.4, 0.5) is 0 Å². The van der Waals surface area contributed by atoms with Crippen molar-refractivity contribution in [2.75, 3.05) is 27.9 Å². The number of hydrogen-bond donors (Lipinski definition) is 4. The summed E-state index contributed by atoms with van der Waals surface area (Å²) in [5.41, 5.74) is 0.665. The summed E-state index contributed by atoms with van der Waals surface area (Å²) in [6.45, 7) is -0.604. The molecule has 2 heterocycles. The van der Waals surface area contributed by atoms with Crippen LogP contribution in [0.3, 0.4) is 0 Å². The number of aliphatic hydroxyl groups is 4. The first-order valence-electron chi connectivity index (χ1n) is 10.7. The molecular weight excluding hydrogens is 464 g/mol. The second-order valence-corrected chi connectivity index (χ2v) is 7.86. The van der Waals surface area contributed by atoms with Gasteiger partial charge in [-0.25, -0.2) is 0 Å². The highest BCUT2D eigenvalue weighted by Crippen LogP contribution is 2.36. The van der Waals surface area contributed by atoms with E-state index < -0.39 is 37.3 Å². The molecule has 1 aromatic heterocycles. The molecule has 11 heteroatoms. The molecule has 1 saturated heterocycles. The standard InChI is InChI=1S/C24H26O11/c1-30-14-5-4-11(6-16(14)31-2)13-10-33-15-8-18(17(32-3)7-12(15)20(13)26)34-24-23(29)22(28)21(27)19(9-25)35-24/h4-8,10,19,21-25,27-29H,9H2,1-3H3/t19-,21-,22+,23-,24+/m0/s1. The first-order chi connectivity index (χ1) is 16.8. The van der Waals surface area contributed by atoms with Gasteiger partial charge in [0.25, 0.3) is 0 Å². The van der Waals surface area contributed by atoms with Crippen LogP contribution in [0.5, 0.6) is 23.0 Å². The van der Waals surface area contributed by atoms with Gasteiger partial charge < -0.3 is 48.5 Å². The van der Waals surface area contributed by atoms with Gasteiger partial charge in [0, 0.05) is 6.07 Å². The molecule has 0 radical (unpaired) electrons. The smallest absolute Gasteiger partial charge is 0.229 e. The highest BCUT2D eigenvalue weighted by atomic mass is 16.7. The zero-order chi connectivity index (χ0) is 25.3. The molecule has 1 fully saturated rings. The first-order valence-corrected chi connectivity index (χ1v) is 10.7. The zero-order valence-corrected chi connectivity index (χ0v) is 19.2. The van der Waals surface area contributed by atoms with Crippen LogP contribution in [-0.4, -0.2) is 79.1 Å². The van der Waals surface area contributed by atoms with Gasteiger partial charge in [-0.3, -0.25) is 4.79 Å². The summed E-state index contributed by atoms with van der Waals surface area (Å²) in [6, 6.07) is 7.84. The Morgan fingerprint density at radius 2 is 1.54 bits per heavy atom. The number of fused-ring (bicyclic) bond motifs is 1. The number of ether oxygens (including phenoxy) is 5. The van der Waals surface area contributed by atoms with Gasteiger partial charge in [0.15, 0.2) is 23.0 Å². The van der Waals surface area contributed by atoms with E-state index in [1.807, 2.05) is 0 Å². The third-order valence-corrected chi connectivity index (χ3v) is 5.84. The lowest BCUT2D eigenvalue weighted by molar-refractivity contribution is -0.277. The number of rotatable bonds is 7. The van der Waals surface area contributed by atoms with Crippen molar-refractivity contribution in [1.82, 2.24) is 0 Å². The lowest BCUT2D eigenvalue weighted by Gasteiger charge is -2.39. The Morgan fingerprint density at radius 1 is 0.857 bits per heavy atom. The lowest BCUT2D eigenvalue weighted by Crippen LogP contribution is -2.60. The molecule has 35 heavy (non-hydrogen) atoms. The van der Waals surface area contributed by atoms with E-state index >= 15 is 0 Å². The van der Waals surface area contributed by atoms with Crippen LogP contribution >= 0.6 is 0 Å². The summed E-state index contributed by atoms with van der Waals surface area (Å²) in [5.74, 6) is 1.14. The minimum absolute atomic E-state index is 0.0475. The quantitative estimate of drug-likeness (QED) is 0.369. The summed E-state index contributed by atoms with van der Waals surface area (Å²) < 4.78 is 32.7. The van der Waals surface area contributed by atoms with E-state index in [4.69, 9.17) is 28.1 Å². The van der Waals surface area contributed by atoms with E-state index in [0.29, 0.717) is 17.1 Å². The van der Waals surface area contributed by atoms with E-state index in [1.165, 1.54) is 39.7 Å². The van der Waals surface area contributed by atoms with Gasteiger partial charge in [0.2, 0.25) is 11.7 Å². The van der Waals surface area contributed by atoms with Gasteiger partial charge >= 0.3 is 0 Å². The van der Waals surface area contributed by atoms with Crippen LogP contribution in [0.2, 0.25) is 0 Å². The molecule has 4 rings (SSSR count). The Bertz CT molecular complexity index is 1250. The fourth-order valence-electron chi connectivity index (χ4n) is 3.88. The Hall–Kier alpha value is -3.35. The summed E-state index contributed by atoms with van der Waals surface area (Å²) in [5, 5.41) is 39.8. The Kier molecular flexibility index (Phi) is 7.15. The predicted molar refractivity (Wildman–Crippen MR) is 122 cm³/mol. The van der Waals surface area contributed by atoms with Crippen LogP contribution < -0.4 is 24.4 Å². The topological polar surface area (TPSA) is 157 Å². The van der Waals surface area contributed by atoms with Crippen LogP contribution in [0.25, 0.3) is 22.1 Å². The molecule has 11 nitrogen and oxygen atoms in total. The second kappa shape index (κ2) is 10.1. The molecule has 3 aromatic rings. The normalized spacial score (nSPS) is 24.3. The fourth-order valence-corrected chi connectivity index (χ4v) is 3.88. The zero-order valence-electron chi connectivity index (χ0n) is 19.2. The van der Waals surface area contributed by atoms with Crippen LogP contribution in [0.1, 0.15) is 0 Å². The van der Waals surface area contributed by atoms with E-state index in [-0.39, 0.29) is 33.5 Å². The van der Waals surface area contributed by atoms with E-state index in [2.05, 4.69) is 0 Å². The predicted octanol–water partition coefficient (Wildman–Crippen LogP) is 0.665. The number of benzene rings is 2. The minimum atomic E-state index is -1.62. The highest BCUT2D eigenvalue weighted by molar-refractivity contribution is 5.85. The van der Waals surface area contributed by atoms with Crippen molar-refractivity contribution in [3.8, 4) is 34.1 Å². The largest absolute Gasteiger partial charge is 0.493 e. The molecule has 1 aliphatic heterocycles. The molecule has 1 aliphatic rings. The van der Waals surface area contributed by atoms with E-state index in [9.17, 15) is 25.2 Å². The number of aliphatic hydroxyl groups excluding tert-OH is 4. The Balaban J connectivity index is 1.72. The highest BCUT2D eigenvalue weighted by Gasteiger charge is 2.45. The third-order valence-electron chi connectivity index (χ3n) is 5.84. The van der Waals surface area contributed by atoms with Crippen molar-refractivity contribution in [3.63, 3.8) is 0 Å². The third kappa shape index (κ3) is 4.51. The van der Waals surface area contributed by atoms with Gasteiger partial charge in [-0.15, -0.1) is 0 Å². The van der Waals surface area contributed by atoms with Gasteiger partial charge in [0.1, 0.15) is 36.3 Å². The van der Waals surface area contributed by atoms with Crippen molar-refractivity contribution in [1.29, 1.82) is 0 Å². The maximum atomic E-state index is 13.3. The fraction of sp³-hybridized carbons (Fsp3) is 0.375. The van der Waals surface area contributed by atoms with Crippen LogP contribution in [0, 0.1) is 0 Å². The Morgan fingerprint density at radius 3 is 2.20 bits per heavy atom. The van der Waals surface area contributed by atoms with Crippen molar-refractivity contribution >= 4 is 11.0 Å². The number of methoxy groups -OCH3 is 3. The molecule has 0 aliphatic carbocycles. The van der Waals surface area contributed by atoms with Crippen molar-refractivity contribution in [3.05, 3.63) is 46.8 Å². The van der Waals surface area contributed by atoms with Crippen LogP contribution in [-0.2, 0) is 4.74 Å². The molecule has 5 atom stereocenters. The molecule has 188 valence electrons. The van der Waals surface area contributed by atoms with Gasteiger partial charge in [-0.1, -0.05) is 6.07 Å². The lowest BCUT2D eigenvalue weighted by atomic mass is 9.99. The van der Waals surface area contributed by atoms with Crippen LogP contribution in [0.15, 0.2) is 45.8 Å². The van der Waals surface area contributed by atoms with Gasteiger partial charge in [0.05, 0.1) is 38.9 Å². The summed E-state index contributed by atoms with van der Waals surface area (Å²) >= 11 is 0. The molecule has 0 saturated carbocycles. The van der Waals surface area contributed by atoms with Gasteiger partial charge in [-0.05, 0) is 23.8 Å². The SMILES string of the molecule is COc1ccc(-c2coc3cc(O[C@@H]4O[C@@H](CO)[C@H](O)[C@@H](O)[C@@H]4O)c(OC)cc3c2=O)cc1OC. The summed E-state index contributed by atoms with van der Waals surface area (Å²) in [7, 11) is 4.37. The van der Waals surface area contributed by atoms with E-state index in [0.717, 1.165) is 0 Å². The average Bonchev–Trinajstić information content (AvgIpc) is 2.88. The monoisotopic (exact) mass is 490 g/mol. The van der Waals surface area contributed by atoms with Crippen molar-refractivity contribution in [2.45, 2.75) is 30.7 Å². The molecule has 2 aromatic carbocycles. The van der Waals surface area contributed by atoms with Gasteiger partial charge in [-0.2, -0.15) is 0 Å². The van der Waals surface area contributed by atoms with E-state index in [1.54, 1.807) is 18.2 Å². The van der Waals surface area contributed by atoms with Crippen molar-refractivity contribution < 1.29 is 48.5 Å². The summed E-state index contributed by atoms with van der Waals surface area (Å²) in [6.07, 6.45) is -6.04. The molecule has 4 N–H and O–H groups in total. The molecule has 0 spiro atoms. The first kappa shape index (κ1) is 24.8.